The van der Waals surface area contributed by atoms with Crippen molar-refractivity contribution in [2.45, 2.75) is 45.6 Å². The zero-order valence-electron chi connectivity index (χ0n) is 15.8. The normalized spacial score (nSPS) is 16.3. The molecule has 2 rings (SSSR count). The number of carbonyl (C=O) groups excluding carboxylic acids is 2. The molecule has 1 unspecified atom stereocenters. The summed E-state index contributed by atoms with van der Waals surface area (Å²) in [4.78, 5) is 28.6. The molecule has 6 heteroatoms. The van der Waals surface area contributed by atoms with Gasteiger partial charge in [-0.05, 0) is 31.5 Å². The van der Waals surface area contributed by atoms with E-state index in [4.69, 9.17) is 11.6 Å². The third-order valence-corrected chi connectivity index (χ3v) is 4.98. The Balaban J connectivity index is 1.72. The van der Waals surface area contributed by atoms with Crippen LogP contribution < -0.4 is 5.32 Å². The molecule has 0 spiro atoms. The summed E-state index contributed by atoms with van der Waals surface area (Å²) in [7, 11) is 0. The number of halogens is 1. The lowest BCUT2D eigenvalue weighted by molar-refractivity contribution is -0.123. The fraction of sp³-hybridized carbons (Fsp3) is 0.600. The lowest BCUT2D eigenvalue weighted by atomic mass is 10.1. The maximum Gasteiger partial charge on any atom is 0.253 e. The molecule has 0 radical (unpaired) electrons. The predicted octanol–water partition coefficient (Wildman–Crippen LogP) is 3.18. The number of rotatable bonds is 8. The van der Waals surface area contributed by atoms with E-state index in [0.29, 0.717) is 43.3 Å². The number of unbranched alkanes of at least 4 members (excludes halogenated alkanes) is 2. The number of amides is 2. The van der Waals surface area contributed by atoms with Crippen molar-refractivity contribution in [2.75, 3.05) is 32.7 Å². The molecule has 1 N–H and O–H groups in total. The third kappa shape index (κ3) is 6.61. The Labute approximate surface area is 161 Å². The van der Waals surface area contributed by atoms with Crippen molar-refractivity contribution in [3.05, 3.63) is 34.9 Å². The molecule has 144 valence electrons. The molecule has 0 saturated carbocycles. The molecule has 1 aliphatic rings. The Kier molecular flexibility index (Phi) is 8.39. The zero-order chi connectivity index (χ0) is 18.9. The van der Waals surface area contributed by atoms with E-state index in [1.54, 1.807) is 24.3 Å². The van der Waals surface area contributed by atoms with Gasteiger partial charge < -0.3 is 10.2 Å². The van der Waals surface area contributed by atoms with Gasteiger partial charge in [-0.25, -0.2) is 0 Å². The quantitative estimate of drug-likeness (QED) is 0.706. The van der Waals surface area contributed by atoms with Crippen molar-refractivity contribution < 1.29 is 9.59 Å². The van der Waals surface area contributed by atoms with Crippen LogP contribution in [0.4, 0.5) is 0 Å². The predicted molar refractivity (Wildman–Crippen MR) is 106 cm³/mol. The Morgan fingerprint density at radius 2 is 1.92 bits per heavy atom. The van der Waals surface area contributed by atoms with Gasteiger partial charge in [0.2, 0.25) is 5.91 Å². The highest BCUT2D eigenvalue weighted by Gasteiger charge is 2.23. The van der Waals surface area contributed by atoms with Crippen LogP contribution in [0.1, 0.15) is 49.9 Å². The second kappa shape index (κ2) is 10.5. The summed E-state index contributed by atoms with van der Waals surface area (Å²) in [5, 5.41) is 3.65. The molecule has 0 aliphatic carbocycles. The first-order valence-electron chi connectivity index (χ1n) is 9.56. The first-order valence-corrected chi connectivity index (χ1v) is 9.94. The number of hydrogen-bond donors (Lipinski definition) is 1. The van der Waals surface area contributed by atoms with Crippen LogP contribution in [-0.2, 0) is 4.79 Å². The van der Waals surface area contributed by atoms with Crippen molar-refractivity contribution in [3.8, 4) is 0 Å². The molecule has 1 aromatic rings. The monoisotopic (exact) mass is 379 g/mol. The summed E-state index contributed by atoms with van der Waals surface area (Å²) in [6.45, 7) is 7.33. The van der Waals surface area contributed by atoms with Gasteiger partial charge in [0, 0.05) is 42.8 Å². The van der Waals surface area contributed by atoms with Gasteiger partial charge in [0.05, 0.1) is 6.54 Å². The summed E-state index contributed by atoms with van der Waals surface area (Å²) in [5.41, 5.74) is 0.615. The Bertz CT molecular complexity index is 600. The molecule has 1 aliphatic heterocycles. The van der Waals surface area contributed by atoms with E-state index in [9.17, 15) is 9.59 Å². The van der Waals surface area contributed by atoms with Crippen LogP contribution in [-0.4, -0.2) is 60.4 Å². The van der Waals surface area contributed by atoms with Crippen LogP contribution >= 0.6 is 11.6 Å². The van der Waals surface area contributed by atoms with Gasteiger partial charge in [-0.2, -0.15) is 0 Å². The minimum atomic E-state index is 0.00106. The van der Waals surface area contributed by atoms with Crippen LogP contribution in [0.5, 0.6) is 0 Å². The maximum atomic E-state index is 12.5. The smallest absolute Gasteiger partial charge is 0.253 e. The highest BCUT2D eigenvalue weighted by Crippen LogP contribution is 2.14. The molecule has 1 fully saturated rings. The van der Waals surface area contributed by atoms with E-state index < -0.39 is 0 Å². The van der Waals surface area contributed by atoms with E-state index in [1.165, 1.54) is 12.8 Å². The number of hydrogen-bond acceptors (Lipinski definition) is 3. The van der Waals surface area contributed by atoms with Crippen molar-refractivity contribution >= 4 is 23.4 Å². The molecule has 0 aromatic heterocycles. The van der Waals surface area contributed by atoms with Crippen molar-refractivity contribution in [1.82, 2.24) is 15.1 Å². The summed E-state index contributed by atoms with van der Waals surface area (Å²) in [6.07, 6.45) is 4.59. The van der Waals surface area contributed by atoms with Crippen LogP contribution in [0.2, 0.25) is 5.02 Å². The number of nitrogens with zero attached hydrogens (tertiary/aromatic N) is 2. The molecule has 1 aromatic carbocycles. The summed E-state index contributed by atoms with van der Waals surface area (Å²) < 4.78 is 0. The average molecular weight is 380 g/mol. The molecule has 2 amide bonds. The van der Waals surface area contributed by atoms with Crippen LogP contribution in [0.3, 0.4) is 0 Å². The first kappa shape index (κ1) is 20.7. The standard InChI is InChI=1S/C20H30ClN3O2/c1-3-4-5-7-16(2)22-19(25)15-23-10-12-24(13-11-23)20(26)17-8-6-9-18(21)14-17/h6,8-9,14,16H,3-5,7,10-13,15H2,1-2H3,(H,22,25). The second-order valence-electron chi connectivity index (χ2n) is 7.04. The lowest BCUT2D eigenvalue weighted by Gasteiger charge is -2.34. The fourth-order valence-corrected chi connectivity index (χ4v) is 3.40. The van der Waals surface area contributed by atoms with E-state index in [0.717, 1.165) is 12.8 Å². The molecular weight excluding hydrogens is 350 g/mol. The summed E-state index contributed by atoms with van der Waals surface area (Å²) in [6, 6.07) is 7.26. The first-order chi connectivity index (χ1) is 12.5. The maximum absolute atomic E-state index is 12.5. The van der Waals surface area contributed by atoms with Gasteiger partial charge in [-0.3, -0.25) is 14.5 Å². The van der Waals surface area contributed by atoms with E-state index in [1.807, 2.05) is 4.90 Å². The highest BCUT2D eigenvalue weighted by atomic mass is 35.5. The molecule has 1 atom stereocenters. The molecule has 0 bridgehead atoms. The van der Waals surface area contributed by atoms with Crippen molar-refractivity contribution in [2.24, 2.45) is 0 Å². The largest absolute Gasteiger partial charge is 0.353 e. The van der Waals surface area contributed by atoms with Crippen molar-refractivity contribution in [1.29, 1.82) is 0 Å². The third-order valence-electron chi connectivity index (χ3n) is 4.75. The summed E-state index contributed by atoms with van der Waals surface area (Å²) >= 11 is 5.97. The Morgan fingerprint density at radius 1 is 1.19 bits per heavy atom. The lowest BCUT2D eigenvalue weighted by Crippen LogP contribution is -2.51. The summed E-state index contributed by atoms with van der Waals surface area (Å²) in [5.74, 6) is 0.0739. The van der Waals surface area contributed by atoms with Gasteiger partial charge in [0.1, 0.15) is 0 Å². The van der Waals surface area contributed by atoms with Gasteiger partial charge in [0.15, 0.2) is 0 Å². The topological polar surface area (TPSA) is 52.7 Å². The van der Waals surface area contributed by atoms with Gasteiger partial charge in [0.25, 0.3) is 5.91 Å². The minimum Gasteiger partial charge on any atom is -0.353 e. The average Bonchev–Trinajstić information content (AvgIpc) is 2.62. The van der Waals surface area contributed by atoms with Gasteiger partial charge >= 0.3 is 0 Å². The SMILES string of the molecule is CCCCCC(C)NC(=O)CN1CCN(C(=O)c2cccc(Cl)c2)CC1. The van der Waals surface area contributed by atoms with Crippen LogP contribution in [0, 0.1) is 0 Å². The molecule has 1 heterocycles. The van der Waals surface area contributed by atoms with Crippen LogP contribution in [0.25, 0.3) is 0 Å². The minimum absolute atomic E-state index is 0.00106. The number of nitrogens with one attached hydrogen (secondary N) is 1. The highest BCUT2D eigenvalue weighted by molar-refractivity contribution is 6.30. The molecule has 1 saturated heterocycles. The Hall–Kier alpha value is -1.59. The fourth-order valence-electron chi connectivity index (χ4n) is 3.21. The number of benzene rings is 1. The van der Waals surface area contributed by atoms with Gasteiger partial charge in [-0.15, -0.1) is 0 Å². The van der Waals surface area contributed by atoms with Crippen molar-refractivity contribution in [3.63, 3.8) is 0 Å². The van der Waals surface area contributed by atoms with E-state index in [-0.39, 0.29) is 17.9 Å². The Morgan fingerprint density at radius 3 is 2.58 bits per heavy atom. The van der Waals surface area contributed by atoms with E-state index in [2.05, 4.69) is 24.1 Å². The number of carbonyl (C=O) groups is 2. The van der Waals surface area contributed by atoms with E-state index >= 15 is 0 Å². The van der Waals surface area contributed by atoms with Gasteiger partial charge in [-0.1, -0.05) is 43.9 Å². The molecular formula is C20H30ClN3O2. The second-order valence-corrected chi connectivity index (χ2v) is 7.48. The zero-order valence-corrected chi connectivity index (χ0v) is 16.6. The number of piperazine rings is 1. The van der Waals surface area contributed by atoms with Crippen LogP contribution in [0.15, 0.2) is 24.3 Å². The molecule has 5 nitrogen and oxygen atoms in total. The molecule has 26 heavy (non-hydrogen) atoms.